The molecule has 3 aliphatic rings. The van der Waals surface area contributed by atoms with Crippen LogP contribution in [-0.4, -0.2) is 96.8 Å². The van der Waals surface area contributed by atoms with Gasteiger partial charge in [0.2, 0.25) is 10.0 Å². The quantitative estimate of drug-likeness (QED) is 0.405. The molecule has 0 bridgehead atoms. The molecule has 3 aromatic rings. The van der Waals surface area contributed by atoms with E-state index in [0.29, 0.717) is 40.6 Å². The predicted octanol–water partition coefficient (Wildman–Crippen LogP) is 2.64. The summed E-state index contributed by atoms with van der Waals surface area (Å²) in [4.78, 5) is 24.0. The summed E-state index contributed by atoms with van der Waals surface area (Å²) in [5.74, 6) is -0.436. The van der Waals surface area contributed by atoms with Gasteiger partial charge in [0.25, 0.3) is 15.9 Å². The van der Waals surface area contributed by atoms with Crippen molar-refractivity contribution in [2.75, 3.05) is 38.5 Å². The average Bonchev–Trinajstić information content (AvgIpc) is 3.71. The molecule has 2 aromatic heterocycles. The van der Waals surface area contributed by atoms with Crippen LogP contribution in [0, 0.1) is 0 Å². The SMILES string of the molecule is CC1Cc2nc(C(=O)N3CCN(S(=O)(=O)c4cc5cc(Cl)ccc5[nH]4)CC3CCS(=O)(=O)N3CCCC3)sc2CN1. The average molecular weight is 641 g/mol. The lowest BCUT2D eigenvalue weighted by Crippen LogP contribution is -2.57. The zero-order valence-corrected chi connectivity index (χ0v) is 25.9. The van der Waals surface area contributed by atoms with Gasteiger partial charge >= 0.3 is 0 Å². The van der Waals surface area contributed by atoms with Crippen molar-refractivity contribution in [2.24, 2.45) is 0 Å². The molecule has 0 saturated carbocycles. The minimum atomic E-state index is -3.95. The summed E-state index contributed by atoms with van der Waals surface area (Å²) in [5.41, 5.74) is 1.56. The summed E-state index contributed by atoms with van der Waals surface area (Å²) >= 11 is 7.45. The molecular formula is C26H33ClN6O5S3. The number of halogens is 1. The van der Waals surface area contributed by atoms with Crippen LogP contribution in [0.5, 0.6) is 0 Å². The molecule has 0 radical (unpaired) electrons. The van der Waals surface area contributed by atoms with Gasteiger partial charge in [-0.3, -0.25) is 4.79 Å². The number of benzene rings is 1. The maximum absolute atomic E-state index is 13.8. The first-order valence-corrected chi connectivity index (χ1v) is 18.0. The van der Waals surface area contributed by atoms with Crippen LogP contribution in [0.4, 0.5) is 0 Å². The molecule has 3 aliphatic heterocycles. The summed E-state index contributed by atoms with van der Waals surface area (Å²) in [6.07, 6.45) is 2.52. The Morgan fingerprint density at radius 1 is 1.10 bits per heavy atom. The number of thiazole rings is 1. The van der Waals surface area contributed by atoms with E-state index in [1.165, 1.54) is 19.9 Å². The molecule has 1 amide bonds. The van der Waals surface area contributed by atoms with Crippen LogP contribution < -0.4 is 5.32 Å². The second kappa shape index (κ2) is 11.2. The summed E-state index contributed by atoms with van der Waals surface area (Å²) in [6.45, 7) is 3.93. The molecule has 2 N–H and O–H groups in total. The second-order valence-corrected chi connectivity index (χ2v) is 16.5. The molecule has 2 atom stereocenters. The molecule has 15 heteroatoms. The van der Waals surface area contributed by atoms with Crippen molar-refractivity contribution in [1.82, 2.24) is 28.8 Å². The maximum Gasteiger partial charge on any atom is 0.283 e. The number of amides is 1. The van der Waals surface area contributed by atoms with E-state index >= 15 is 0 Å². The van der Waals surface area contributed by atoms with Gasteiger partial charge in [-0.2, -0.15) is 4.31 Å². The molecule has 6 rings (SSSR count). The Labute approximate surface area is 249 Å². The third kappa shape index (κ3) is 5.79. The summed E-state index contributed by atoms with van der Waals surface area (Å²) in [5, 5.41) is 4.96. The number of nitrogens with zero attached hydrogens (tertiary/aromatic N) is 4. The third-order valence-corrected chi connectivity index (χ3v) is 13.1. The number of sulfonamides is 2. The lowest BCUT2D eigenvalue weighted by molar-refractivity contribution is 0.0558. The highest BCUT2D eigenvalue weighted by Gasteiger charge is 2.39. The Morgan fingerprint density at radius 2 is 1.88 bits per heavy atom. The lowest BCUT2D eigenvalue weighted by atomic mass is 10.1. The Morgan fingerprint density at radius 3 is 2.66 bits per heavy atom. The van der Waals surface area contributed by atoms with E-state index < -0.39 is 26.1 Å². The van der Waals surface area contributed by atoms with E-state index in [0.717, 1.165) is 29.8 Å². The van der Waals surface area contributed by atoms with E-state index in [4.69, 9.17) is 11.6 Å². The number of carbonyl (C=O) groups is 1. The van der Waals surface area contributed by atoms with Crippen LogP contribution in [0.2, 0.25) is 5.02 Å². The van der Waals surface area contributed by atoms with Gasteiger partial charge in [0, 0.05) is 78.6 Å². The number of hydrogen-bond donors (Lipinski definition) is 2. The van der Waals surface area contributed by atoms with Crippen molar-refractivity contribution in [1.29, 1.82) is 0 Å². The van der Waals surface area contributed by atoms with Crippen molar-refractivity contribution < 1.29 is 21.6 Å². The fourth-order valence-electron chi connectivity index (χ4n) is 5.82. The maximum atomic E-state index is 13.8. The van der Waals surface area contributed by atoms with Crippen LogP contribution in [0.1, 0.15) is 46.6 Å². The van der Waals surface area contributed by atoms with Gasteiger partial charge in [-0.05, 0) is 50.5 Å². The van der Waals surface area contributed by atoms with Gasteiger partial charge in [-0.1, -0.05) is 11.6 Å². The third-order valence-electron chi connectivity index (χ3n) is 8.12. The highest BCUT2D eigenvalue weighted by atomic mass is 35.5. The molecule has 11 nitrogen and oxygen atoms in total. The minimum absolute atomic E-state index is 0.0105. The van der Waals surface area contributed by atoms with Gasteiger partial charge in [-0.25, -0.2) is 26.1 Å². The molecule has 2 saturated heterocycles. The number of aromatic amines is 1. The normalized spacial score (nSPS) is 22.8. The predicted molar refractivity (Wildman–Crippen MR) is 158 cm³/mol. The first kappa shape index (κ1) is 29.0. The fourth-order valence-corrected chi connectivity index (χ4v) is 10.1. The number of fused-ring (bicyclic) bond motifs is 2. The van der Waals surface area contributed by atoms with Gasteiger partial charge in [0.15, 0.2) is 5.01 Å². The fraction of sp³-hybridized carbons (Fsp3) is 0.538. The van der Waals surface area contributed by atoms with Crippen molar-refractivity contribution >= 4 is 59.8 Å². The van der Waals surface area contributed by atoms with Gasteiger partial charge in [0.05, 0.1) is 11.4 Å². The summed E-state index contributed by atoms with van der Waals surface area (Å²) in [6, 6.07) is 6.30. The van der Waals surface area contributed by atoms with Crippen molar-refractivity contribution in [3.8, 4) is 0 Å². The van der Waals surface area contributed by atoms with E-state index in [1.807, 2.05) is 0 Å². The van der Waals surface area contributed by atoms with Gasteiger partial charge < -0.3 is 15.2 Å². The molecule has 0 spiro atoms. The number of nitrogens with one attached hydrogen (secondary N) is 2. The summed E-state index contributed by atoms with van der Waals surface area (Å²) < 4.78 is 56.4. The molecule has 2 unspecified atom stereocenters. The monoisotopic (exact) mass is 640 g/mol. The molecule has 2 fully saturated rings. The van der Waals surface area contributed by atoms with Crippen molar-refractivity contribution in [3.05, 3.63) is 44.9 Å². The number of hydrogen-bond acceptors (Lipinski definition) is 8. The second-order valence-electron chi connectivity index (χ2n) is 11.0. The highest BCUT2D eigenvalue weighted by Crippen LogP contribution is 2.29. The Balaban J connectivity index is 1.26. The molecule has 222 valence electrons. The zero-order chi connectivity index (χ0) is 28.9. The van der Waals surface area contributed by atoms with E-state index in [1.54, 1.807) is 29.2 Å². The summed E-state index contributed by atoms with van der Waals surface area (Å²) in [7, 11) is -7.47. The van der Waals surface area contributed by atoms with Crippen LogP contribution >= 0.6 is 22.9 Å². The lowest BCUT2D eigenvalue weighted by Gasteiger charge is -2.40. The number of piperazine rings is 1. The highest BCUT2D eigenvalue weighted by molar-refractivity contribution is 7.89. The topological polar surface area (TPSA) is 136 Å². The van der Waals surface area contributed by atoms with E-state index in [-0.39, 0.29) is 48.8 Å². The number of aromatic nitrogens is 2. The molecule has 1 aromatic carbocycles. The first-order valence-electron chi connectivity index (χ1n) is 13.8. The standard InChI is InChI=1S/C26H33ClN6O5S3/c1-17-12-22-23(15-28-17)39-25(30-22)26(34)33-10-9-32(16-20(33)6-11-40(35,36)31-7-2-3-8-31)41(37,38)24-14-18-13-19(27)4-5-21(18)29-24/h4-5,13-14,17,20,28-29H,2-3,6-12,15-16H2,1H3. The van der Waals surface area contributed by atoms with Crippen LogP contribution in [0.15, 0.2) is 29.3 Å². The molecule has 0 aliphatic carbocycles. The largest absolute Gasteiger partial charge is 0.345 e. The number of rotatable bonds is 7. The van der Waals surface area contributed by atoms with Crippen molar-refractivity contribution in [2.45, 2.75) is 56.3 Å². The molecule has 5 heterocycles. The van der Waals surface area contributed by atoms with E-state index in [9.17, 15) is 21.6 Å². The van der Waals surface area contributed by atoms with Gasteiger partial charge in [0.1, 0.15) is 5.03 Å². The van der Waals surface area contributed by atoms with Crippen LogP contribution in [-0.2, 0) is 33.0 Å². The smallest absolute Gasteiger partial charge is 0.283 e. The number of carbonyl (C=O) groups excluding carboxylic acids is 1. The zero-order valence-electron chi connectivity index (χ0n) is 22.7. The van der Waals surface area contributed by atoms with Crippen LogP contribution in [0.3, 0.4) is 0 Å². The van der Waals surface area contributed by atoms with Gasteiger partial charge in [-0.15, -0.1) is 11.3 Å². The molecular weight excluding hydrogens is 608 g/mol. The minimum Gasteiger partial charge on any atom is -0.345 e. The Kier molecular flexibility index (Phi) is 7.94. The Bertz CT molecular complexity index is 1680. The Hall–Kier alpha value is -2.07. The first-order chi connectivity index (χ1) is 19.5. The van der Waals surface area contributed by atoms with Crippen LogP contribution in [0.25, 0.3) is 10.9 Å². The number of H-pyrrole nitrogens is 1. The van der Waals surface area contributed by atoms with Crippen molar-refractivity contribution in [3.63, 3.8) is 0 Å². The van der Waals surface area contributed by atoms with E-state index in [2.05, 4.69) is 22.2 Å². The molecule has 41 heavy (non-hydrogen) atoms.